The van der Waals surface area contributed by atoms with Gasteiger partial charge in [-0.3, -0.25) is 20.4 Å². The van der Waals surface area contributed by atoms with Crippen molar-refractivity contribution in [3.05, 3.63) is 0 Å². The molecule has 0 saturated heterocycles. The van der Waals surface area contributed by atoms with Gasteiger partial charge in [0.05, 0.1) is 13.2 Å². The van der Waals surface area contributed by atoms with E-state index in [1.165, 1.54) is 0 Å². The molecule has 0 saturated carbocycles. The zero-order chi connectivity index (χ0) is 27.5. The molecule has 208 valence electrons. The molecule has 6 N–H and O–H groups in total. The number of urea groups is 1. The highest BCUT2D eigenvalue weighted by molar-refractivity contribution is 5.89. The summed E-state index contributed by atoms with van der Waals surface area (Å²) in [6.07, 6.45) is 2.30. The van der Waals surface area contributed by atoms with E-state index in [1.807, 2.05) is 41.5 Å². The topological polar surface area (TPSA) is 176 Å². The molecule has 0 aromatic heterocycles. The van der Waals surface area contributed by atoms with E-state index in [4.69, 9.17) is 9.47 Å². The summed E-state index contributed by atoms with van der Waals surface area (Å²) in [6.45, 7) is 11.9. The van der Waals surface area contributed by atoms with Crippen LogP contribution in [0.5, 0.6) is 0 Å². The van der Waals surface area contributed by atoms with Crippen molar-refractivity contribution in [2.24, 2.45) is 11.8 Å². The molecule has 0 rings (SSSR count). The van der Waals surface area contributed by atoms with Crippen molar-refractivity contribution >= 4 is 30.0 Å². The van der Waals surface area contributed by atoms with Crippen molar-refractivity contribution in [1.82, 2.24) is 32.3 Å². The van der Waals surface area contributed by atoms with Crippen molar-refractivity contribution in [2.45, 2.75) is 92.2 Å². The lowest BCUT2D eigenvalue weighted by atomic mass is 10.0. The molecule has 2 atom stereocenters. The summed E-state index contributed by atoms with van der Waals surface area (Å²) in [5.41, 5.74) is 8.60. The second-order valence-corrected chi connectivity index (χ2v) is 9.19. The number of amides is 6. The van der Waals surface area contributed by atoms with Crippen molar-refractivity contribution in [1.29, 1.82) is 0 Å². The smallest absolute Gasteiger partial charge is 0.407 e. The van der Waals surface area contributed by atoms with E-state index in [2.05, 4.69) is 32.3 Å². The minimum Gasteiger partial charge on any atom is -0.450 e. The number of carbonyl (C=O) groups excluding carboxylic acids is 5. The third kappa shape index (κ3) is 16.4. The number of alkyl carbamates (subject to hydrolysis) is 2. The molecule has 0 radical (unpaired) electrons. The first-order valence-corrected chi connectivity index (χ1v) is 12.5. The number of carbonyl (C=O) groups is 5. The van der Waals surface area contributed by atoms with Gasteiger partial charge in [0.15, 0.2) is 0 Å². The van der Waals surface area contributed by atoms with Gasteiger partial charge in [0.25, 0.3) is 11.8 Å². The highest BCUT2D eigenvalue weighted by atomic mass is 16.6. The molecule has 0 unspecified atom stereocenters. The number of hydrogen-bond donors (Lipinski definition) is 6. The maximum absolute atomic E-state index is 12.5. The molecular weight excluding hydrogens is 472 g/mol. The van der Waals surface area contributed by atoms with Crippen LogP contribution in [0.4, 0.5) is 14.4 Å². The highest BCUT2D eigenvalue weighted by Gasteiger charge is 2.25. The first-order valence-electron chi connectivity index (χ1n) is 12.5. The van der Waals surface area contributed by atoms with Crippen LogP contribution in [0.1, 0.15) is 80.1 Å². The van der Waals surface area contributed by atoms with Crippen LogP contribution < -0.4 is 32.3 Å². The lowest BCUT2D eigenvalue weighted by molar-refractivity contribution is -0.124. The largest absolute Gasteiger partial charge is 0.450 e. The molecule has 0 heterocycles. The van der Waals surface area contributed by atoms with Gasteiger partial charge in [-0.25, -0.2) is 25.2 Å². The third-order valence-electron chi connectivity index (χ3n) is 4.69. The molecule has 36 heavy (non-hydrogen) atoms. The minimum atomic E-state index is -0.938. The molecule has 0 spiro atoms. The van der Waals surface area contributed by atoms with Crippen LogP contribution in [-0.2, 0) is 19.1 Å². The monoisotopic (exact) mass is 516 g/mol. The Balaban J connectivity index is 4.72. The van der Waals surface area contributed by atoms with Gasteiger partial charge in [-0.15, -0.1) is 0 Å². The number of hydrazine groups is 2. The zero-order valence-electron chi connectivity index (χ0n) is 22.3. The van der Waals surface area contributed by atoms with Crippen LogP contribution in [0.25, 0.3) is 0 Å². The number of nitrogens with one attached hydrogen (secondary N) is 6. The Morgan fingerprint density at radius 1 is 0.611 bits per heavy atom. The summed E-state index contributed by atoms with van der Waals surface area (Å²) in [5.74, 6) is -1.17. The Labute approximate surface area is 213 Å². The molecule has 13 heteroatoms. The normalized spacial score (nSPS) is 12.2. The second kappa shape index (κ2) is 19.0. The summed E-state index contributed by atoms with van der Waals surface area (Å²) >= 11 is 0. The summed E-state index contributed by atoms with van der Waals surface area (Å²) in [4.78, 5) is 60.8. The van der Waals surface area contributed by atoms with Crippen molar-refractivity contribution < 1.29 is 33.4 Å². The number of unbranched alkanes of at least 4 members (excludes halogenated alkanes) is 2. The van der Waals surface area contributed by atoms with Gasteiger partial charge in [-0.05, 0) is 37.5 Å². The summed E-state index contributed by atoms with van der Waals surface area (Å²) in [6, 6.07) is -2.81. The quantitative estimate of drug-likeness (QED) is 0.151. The van der Waals surface area contributed by atoms with Gasteiger partial charge >= 0.3 is 18.2 Å². The summed E-state index contributed by atoms with van der Waals surface area (Å²) < 4.78 is 10.0. The second-order valence-electron chi connectivity index (χ2n) is 9.19. The van der Waals surface area contributed by atoms with Crippen molar-refractivity contribution in [2.75, 3.05) is 13.2 Å². The van der Waals surface area contributed by atoms with Crippen molar-refractivity contribution in [3.63, 3.8) is 0 Å². The summed E-state index contributed by atoms with van der Waals surface area (Å²) in [7, 11) is 0. The van der Waals surface area contributed by atoms with E-state index in [0.29, 0.717) is 25.7 Å². The van der Waals surface area contributed by atoms with Crippen LogP contribution in [0.15, 0.2) is 0 Å². The van der Waals surface area contributed by atoms with E-state index in [1.54, 1.807) is 0 Å². The molecule has 0 aliphatic heterocycles. The predicted octanol–water partition coefficient (Wildman–Crippen LogP) is 2.23. The molecule has 0 bridgehead atoms. The molecule has 13 nitrogen and oxygen atoms in total. The van der Waals surface area contributed by atoms with Crippen LogP contribution in [0.2, 0.25) is 0 Å². The van der Waals surface area contributed by atoms with Crippen LogP contribution in [0, 0.1) is 11.8 Å². The maximum Gasteiger partial charge on any atom is 0.407 e. The Morgan fingerprint density at radius 2 is 0.972 bits per heavy atom. The first kappa shape index (κ1) is 32.8. The molecule has 6 amide bonds. The highest BCUT2D eigenvalue weighted by Crippen LogP contribution is 2.06. The molecule has 0 fully saturated rings. The summed E-state index contributed by atoms with van der Waals surface area (Å²) in [5, 5.41) is 4.97. The van der Waals surface area contributed by atoms with Gasteiger partial charge in [0, 0.05) is 0 Å². The van der Waals surface area contributed by atoms with Crippen molar-refractivity contribution in [3.8, 4) is 0 Å². The zero-order valence-corrected chi connectivity index (χ0v) is 22.3. The average molecular weight is 517 g/mol. The lowest BCUT2D eigenvalue weighted by Gasteiger charge is -2.21. The molecular formula is C23H44N6O7. The number of hydrogen-bond acceptors (Lipinski definition) is 7. The van der Waals surface area contributed by atoms with Gasteiger partial charge in [0.1, 0.15) is 12.1 Å². The Morgan fingerprint density at radius 3 is 1.28 bits per heavy atom. The predicted molar refractivity (Wildman–Crippen MR) is 133 cm³/mol. The average Bonchev–Trinajstić information content (AvgIpc) is 2.79. The van der Waals surface area contributed by atoms with E-state index in [9.17, 15) is 24.0 Å². The van der Waals surface area contributed by atoms with Gasteiger partial charge in [-0.1, -0.05) is 54.4 Å². The molecule has 0 aliphatic rings. The van der Waals surface area contributed by atoms with Crippen LogP contribution in [0.3, 0.4) is 0 Å². The van der Waals surface area contributed by atoms with E-state index in [0.717, 1.165) is 12.8 Å². The standard InChI is InChI=1S/C23H44N6O7/c1-7-9-11-35-22(33)24-17(13-15(3)4)19(30)26-28-21(32)29-27-20(31)18(14-16(5)6)25-23(34)36-12-10-8-2/h15-18H,7-14H2,1-6H3,(H,24,33)(H,25,34)(H,26,30)(H,27,31)(H2,28,29,32)/t17-,18-/m0/s1. The van der Waals surface area contributed by atoms with Gasteiger partial charge in [-0.2, -0.15) is 0 Å². The number of ether oxygens (including phenoxy) is 2. The molecule has 0 aliphatic carbocycles. The number of rotatable bonds is 14. The molecule has 0 aromatic rings. The van der Waals surface area contributed by atoms with Gasteiger partial charge < -0.3 is 20.1 Å². The third-order valence-corrected chi connectivity index (χ3v) is 4.69. The van der Waals surface area contributed by atoms with E-state index < -0.39 is 42.1 Å². The fraction of sp³-hybridized carbons (Fsp3) is 0.783. The fourth-order valence-electron chi connectivity index (χ4n) is 2.83. The Hall–Kier alpha value is -3.25. The van der Waals surface area contributed by atoms with E-state index in [-0.39, 0.29) is 25.0 Å². The Bertz CT molecular complexity index is 646. The minimum absolute atomic E-state index is 0.0730. The van der Waals surface area contributed by atoms with E-state index >= 15 is 0 Å². The maximum atomic E-state index is 12.5. The fourth-order valence-corrected chi connectivity index (χ4v) is 2.83. The SMILES string of the molecule is CCCCOC(=O)N[C@@H](CC(C)C)C(=O)NNC(=O)NNC(=O)[C@H](CC(C)C)NC(=O)OCCCC. The Kier molecular flexibility index (Phi) is 17.3. The van der Waals surface area contributed by atoms with Crippen LogP contribution >= 0.6 is 0 Å². The van der Waals surface area contributed by atoms with Crippen LogP contribution in [-0.4, -0.2) is 55.3 Å². The first-order chi connectivity index (χ1) is 17.0. The lowest BCUT2D eigenvalue weighted by Crippen LogP contribution is -2.59. The molecule has 0 aromatic carbocycles. The van der Waals surface area contributed by atoms with Gasteiger partial charge in [0.2, 0.25) is 0 Å².